The van der Waals surface area contributed by atoms with Gasteiger partial charge in [-0.15, -0.1) is 0 Å². The third kappa shape index (κ3) is 2.93. The number of hydrogen-bond acceptors (Lipinski definition) is 3. The molecule has 0 saturated carbocycles. The van der Waals surface area contributed by atoms with Crippen LogP contribution in [0.15, 0.2) is 30.3 Å². The molecule has 0 bridgehead atoms. The zero-order valence-electron chi connectivity index (χ0n) is 10.9. The maximum absolute atomic E-state index is 11.0. The number of carbonyl (C=O) groups is 1. The van der Waals surface area contributed by atoms with E-state index in [0.29, 0.717) is 11.6 Å². The van der Waals surface area contributed by atoms with E-state index in [0.717, 1.165) is 12.1 Å². The summed E-state index contributed by atoms with van der Waals surface area (Å²) < 4.78 is 1.57. The average Bonchev–Trinajstić information content (AvgIpc) is 2.72. The van der Waals surface area contributed by atoms with Gasteiger partial charge in [-0.3, -0.25) is 0 Å². The van der Waals surface area contributed by atoms with E-state index in [1.54, 1.807) is 35.0 Å². The first-order valence-electron chi connectivity index (χ1n) is 6.09. The zero-order chi connectivity index (χ0) is 14.0. The van der Waals surface area contributed by atoms with Gasteiger partial charge in [0.1, 0.15) is 5.75 Å². The van der Waals surface area contributed by atoms with Crippen LogP contribution in [-0.4, -0.2) is 26.0 Å². The van der Waals surface area contributed by atoms with Crippen LogP contribution in [0.2, 0.25) is 0 Å². The molecule has 0 amide bonds. The van der Waals surface area contributed by atoms with Crippen molar-refractivity contribution in [2.75, 3.05) is 0 Å². The smallest absolute Gasteiger partial charge is 0.356 e. The van der Waals surface area contributed by atoms with Crippen LogP contribution in [0, 0.1) is 5.92 Å². The van der Waals surface area contributed by atoms with E-state index >= 15 is 0 Å². The van der Waals surface area contributed by atoms with Gasteiger partial charge >= 0.3 is 5.97 Å². The van der Waals surface area contributed by atoms with E-state index in [1.165, 1.54) is 0 Å². The minimum atomic E-state index is -1.05. The number of benzene rings is 1. The van der Waals surface area contributed by atoms with E-state index in [-0.39, 0.29) is 11.4 Å². The van der Waals surface area contributed by atoms with Gasteiger partial charge in [-0.2, -0.15) is 5.10 Å². The van der Waals surface area contributed by atoms with E-state index in [1.807, 2.05) is 0 Å². The number of carboxylic acid groups (broad SMARTS) is 1. The summed E-state index contributed by atoms with van der Waals surface area (Å²) in [5.41, 5.74) is 1.49. The lowest BCUT2D eigenvalue weighted by Crippen LogP contribution is -2.05. The Hall–Kier alpha value is -2.30. The van der Waals surface area contributed by atoms with Crippen molar-refractivity contribution < 1.29 is 15.0 Å². The summed E-state index contributed by atoms with van der Waals surface area (Å²) in [6, 6.07) is 8.18. The van der Waals surface area contributed by atoms with Crippen LogP contribution in [0.25, 0.3) is 5.69 Å². The van der Waals surface area contributed by atoms with Gasteiger partial charge in [-0.05, 0) is 30.5 Å². The molecule has 0 aliphatic rings. The molecule has 0 saturated heterocycles. The second-order valence-corrected chi connectivity index (χ2v) is 4.86. The van der Waals surface area contributed by atoms with Crippen LogP contribution >= 0.6 is 0 Å². The Morgan fingerprint density at radius 1 is 1.37 bits per heavy atom. The number of hydrogen-bond donors (Lipinski definition) is 2. The zero-order valence-corrected chi connectivity index (χ0v) is 10.9. The second-order valence-electron chi connectivity index (χ2n) is 4.86. The first-order chi connectivity index (χ1) is 8.97. The summed E-state index contributed by atoms with van der Waals surface area (Å²) in [7, 11) is 0. The van der Waals surface area contributed by atoms with Crippen LogP contribution in [-0.2, 0) is 6.42 Å². The highest BCUT2D eigenvalue weighted by Gasteiger charge is 2.15. The molecule has 1 heterocycles. The summed E-state index contributed by atoms with van der Waals surface area (Å²) in [5.74, 6) is -0.543. The molecule has 5 nitrogen and oxygen atoms in total. The molecule has 2 N–H and O–H groups in total. The predicted octanol–water partition coefficient (Wildman–Crippen LogP) is 2.47. The SMILES string of the molecule is CC(C)Cc1cc(C(=O)O)nn1-c1cccc(O)c1. The van der Waals surface area contributed by atoms with Crippen LogP contribution < -0.4 is 0 Å². The first kappa shape index (κ1) is 13.1. The fourth-order valence-corrected chi connectivity index (χ4v) is 1.94. The maximum atomic E-state index is 11.0. The molecule has 100 valence electrons. The highest BCUT2D eigenvalue weighted by molar-refractivity contribution is 5.85. The Bertz CT molecular complexity index is 602. The number of carboxylic acids is 1. The lowest BCUT2D eigenvalue weighted by atomic mass is 10.1. The number of phenols is 1. The van der Waals surface area contributed by atoms with Gasteiger partial charge in [0.2, 0.25) is 0 Å². The highest BCUT2D eigenvalue weighted by atomic mass is 16.4. The first-order valence-corrected chi connectivity index (χ1v) is 6.09. The number of aromatic hydroxyl groups is 1. The lowest BCUT2D eigenvalue weighted by molar-refractivity contribution is 0.0690. The Kier molecular flexibility index (Phi) is 3.55. The molecular weight excluding hydrogens is 244 g/mol. The van der Waals surface area contributed by atoms with E-state index in [2.05, 4.69) is 18.9 Å². The topological polar surface area (TPSA) is 75.3 Å². The van der Waals surface area contributed by atoms with Crippen LogP contribution in [0.3, 0.4) is 0 Å². The number of phenolic OH excluding ortho intramolecular Hbond substituents is 1. The molecule has 0 fully saturated rings. The van der Waals surface area contributed by atoms with Crippen molar-refractivity contribution in [2.45, 2.75) is 20.3 Å². The van der Waals surface area contributed by atoms with E-state index in [9.17, 15) is 9.90 Å². The van der Waals surface area contributed by atoms with Gasteiger partial charge in [0.25, 0.3) is 0 Å². The Balaban J connectivity index is 2.50. The van der Waals surface area contributed by atoms with Crippen molar-refractivity contribution in [3.63, 3.8) is 0 Å². The van der Waals surface area contributed by atoms with Gasteiger partial charge in [0.15, 0.2) is 5.69 Å². The molecular formula is C14H16N2O3. The molecule has 5 heteroatoms. The van der Waals surface area contributed by atoms with Crippen LogP contribution in [0.4, 0.5) is 0 Å². The van der Waals surface area contributed by atoms with Gasteiger partial charge in [0.05, 0.1) is 5.69 Å². The van der Waals surface area contributed by atoms with Gasteiger partial charge in [-0.1, -0.05) is 19.9 Å². The predicted molar refractivity (Wildman–Crippen MR) is 70.7 cm³/mol. The number of aromatic nitrogens is 2. The summed E-state index contributed by atoms with van der Waals surface area (Å²) in [5, 5.41) is 22.6. The van der Waals surface area contributed by atoms with Crippen molar-refractivity contribution in [3.8, 4) is 11.4 Å². The Morgan fingerprint density at radius 2 is 2.11 bits per heavy atom. The minimum Gasteiger partial charge on any atom is -0.508 e. The van der Waals surface area contributed by atoms with Gasteiger partial charge in [-0.25, -0.2) is 9.48 Å². The summed E-state index contributed by atoms with van der Waals surface area (Å²) in [6.45, 7) is 4.11. The summed E-state index contributed by atoms with van der Waals surface area (Å²) in [4.78, 5) is 11.0. The molecule has 0 unspecified atom stereocenters. The molecule has 0 aliphatic heterocycles. The summed E-state index contributed by atoms with van der Waals surface area (Å²) >= 11 is 0. The van der Waals surface area contributed by atoms with E-state index in [4.69, 9.17) is 5.11 Å². The van der Waals surface area contributed by atoms with Crippen molar-refractivity contribution in [1.82, 2.24) is 9.78 Å². The largest absolute Gasteiger partial charge is 0.508 e. The normalized spacial score (nSPS) is 10.9. The number of aromatic carboxylic acids is 1. The van der Waals surface area contributed by atoms with Crippen LogP contribution in [0.5, 0.6) is 5.75 Å². The Labute approximate surface area is 111 Å². The van der Waals surface area contributed by atoms with Gasteiger partial charge < -0.3 is 10.2 Å². The summed E-state index contributed by atoms with van der Waals surface area (Å²) in [6.07, 6.45) is 0.718. The highest BCUT2D eigenvalue weighted by Crippen LogP contribution is 2.19. The minimum absolute atomic E-state index is 0.0130. The fourth-order valence-electron chi connectivity index (χ4n) is 1.94. The molecule has 0 spiro atoms. The third-order valence-electron chi connectivity index (χ3n) is 2.69. The van der Waals surface area contributed by atoms with E-state index < -0.39 is 5.97 Å². The molecule has 0 atom stereocenters. The Morgan fingerprint density at radius 3 is 2.68 bits per heavy atom. The molecule has 2 rings (SSSR count). The average molecular weight is 260 g/mol. The molecule has 0 aliphatic carbocycles. The second kappa shape index (κ2) is 5.14. The molecule has 2 aromatic rings. The van der Waals surface area contributed by atoms with Crippen molar-refractivity contribution in [1.29, 1.82) is 0 Å². The van der Waals surface area contributed by atoms with Gasteiger partial charge in [0, 0.05) is 11.8 Å². The molecule has 1 aromatic carbocycles. The third-order valence-corrected chi connectivity index (χ3v) is 2.69. The van der Waals surface area contributed by atoms with Crippen molar-refractivity contribution >= 4 is 5.97 Å². The quantitative estimate of drug-likeness (QED) is 0.885. The van der Waals surface area contributed by atoms with Crippen molar-refractivity contribution in [2.24, 2.45) is 5.92 Å². The maximum Gasteiger partial charge on any atom is 0.356 e. The van der Waals surface area contributed by atoms with Crippen LogP contribution in [0.1, 0.15) is 30.0 Å². The molecule has 1 aromatic heterocycles. The van der Waals surface area contributed by atoms with Crippen molar-refractivity contribution in [3.05, 3.63) is 41.7 Å². The number of rotatable bonds is 4. The molecule has 19 heavy (non-hydrogen) atoms. The monoisotopic (exact) mass is 260 g/mol. The lowest BCUT2D eigenvalue weighted by Gasteiger charge is -2.09. The fraction of sp³-hybridized carbons (Fsp3) is 0.286. The standard InChI is InChI=1S/C14H16N2O3/c1-9(2)6-11-8-13(14(18)19)15-16(11)10-4-3-5-12(17)7-10/h3-5,7-9,17H,6H2,1-2H3,(H,18,19). The molecule has 0 radical (unpaired) electrons. The number of nitrogens with zero attached hydrogens (tertiary/aromatic N) is 2.